The number of rotatable bonds is 1. The molecule has 16 heavy (non-hydrogen) atoms. The van der Waals surface area contributed by atoms with E-state index < -0.39 is 0 Å². The van der Waals surface area contributed by atoms with E-state index in [9.17, 15) is 0 Å². The summed E-state index contributed by atoms with van der Waals surface area (Å²) in [5, 5.41) is 0. The van der Waals surface area contributed by atoms with Crippen molar-refractivity contribution >= 4 is 43.1 Å². The maximum atomic E-state index is 7.42. The van der Waals surface area contributed by atoms with Crippen molar-refractivity contribution in [2.45, 2.75) is 0 Å². The van der Waals surface area contributed by atoms with Crippen molar-refractivity contribution in [3.05, 3.63) is 28.5 Å². The first-order valence-electron chi connectivity index (χ1n) is 4.66. The molecule has 6 heteroatoms. The summed E-state index contributed by atoms with van der Waals surface area (Å²) in [6.07, 6.45) is 0. The Morgan fingerprint density at radius 2 is 2.25 bits per heavy atom. The van der Waals surface area contributed by atoms with Crippen LogP contribution in [0.5, 0.6) is 0 Å². The monoisotopic (exact) mass is 298 g/mol. The third kappa shape index (κ3) is 1.95. The van der Waals surface area contributed by atoms with Crippen molar-refractivity contribution < 1.29 is 0 Å². The molecule has 0 saturated heterocycles. The number of halogens is 1. The molecule has 0 aliphatic rings. The van der Waals surface area contributed by atoms with Gasteiger partial charge in [-0.05, 0) is 53.3 Å². The van der Waals surface area contributed by atoms with Gasteiger partial charge in [0.25, 0.3) is 0 Å². The highest BCUT2D eigenvalue weighted by atomic mass is 79.9. The number of hydrogen-bond acceptors (Lipinski definition) is 2. The van der Waals surface area contributed by atoms with Crippen LogP contribution >= 0.6 is 15.9 Å². The van der Waals surface area contributed by atoms with Gasteiger partial charge in [0, 0.05) is 4.47 Å². The van der Waals surface area contributed by atoms with Crippen LogP contribution in [0.2, 0.25) is 0 Å². The molecule has 4 nitrogen and oxygen atoms in total. The third-order valence-electron chi connectivity index (χ3n) is 2.17. The van der Waals surface area contributed by atoms with Crippen molar-refractivity contribution in [2.75, 3.05) is 14.1 Å². The van der Waals surface area contributed by atoms with Crippen molar-refractivity contribution in [1.29, 1.82) is 4.78 Å². The lowest BCUT2D eigenvalue weighted by molar-refractivity contribution is 0.632. The van der Waals surface area contributed by atoms with Crippen molar-refractivity contribution in [3.8, 4) is 0 Å². The number of hydrogen-bond donors (Lipinski definition) is 2. The summed E-state index contributed by atoms with van der Waals surface area (Å²) < 4.78 is 8.38. The molecular weight excluding hydrogens is 288 g/mol. The molecule has 2 N–H and O–H groups in total. The second-order valence-corrected chi connectivity index (χ2v) is 4.97. The quantitative estimate of drug-likeness (QED) is 0.793. The van der Waals surface area contributed by atoms with Crippen LogP contribution in [0.3, 0.4) is 0 Å². The van der Waals surface area contributed by atoms with Crippen molar-refractivity contribution in [2.24, 2.45) is 0 Å². The zero-order valence-electron chi connectivity index (χ0n) is 8.91. The zero-order valence-corrected chi connectivity index (χ0v) is 11.3. The summed E-state index contributed by atoms with van der Waals surface area (Å²) in [6, 6.07) is 5.88. The molecule has 0 saturated carbocycles. The van der Waals surface area contributed by atoms with Crippen LogP contribution in [-0.4, -0.2) is 34.0 Å². The van der Waals surface area contributed by atoms with E-state index in [1.165, 1.54) is 0 Å². The summed E-state index contributed by atoms with van der Waals surface area (Å²) in [5.41, 5.74) is 1.86. The molecule has 0 radical (unpaired) electrons. The van der Waals surface area contributed by atoms with E-state index in [1.54, 1.807) is 0 Å². The van der Waals surface area contributed by atoms with Gasteiger partial charge in [0.1, 0.15) is 10.5 Å². The fraction of sp³-hybridized carbons (Fsp3) is 0.200. The first kappa shape index (κ1) is 11.5. The normalized spacial score (nSPS) is 11.0. The molecule has 0 bridgehead atoms. The predicted octanol–water partition coefficient (Wildman–Crippen LogP) is 2.21. The minimum absolute atomic E-state index is 0.729. The third-order valence-corrected chi connectivity index (χ3v) is 3.56. The SMILES string of the molecule is CN(C)C(=S=N)c1nc2c(Br)cccc2[nH]1. The first-order chi connectivity index (χ1) is 7.63. The molecule has 2 rings (SSSR count). The smallest absolute Gasteiger partial charge is 0.161 e. The predicted molar refractivity (Wildman–Crippen MR) is 71.7 cm³/mol. The first-order valence-corrected chi connectivity index (χ1v) is 6.27. The van der Waals surface area contributed by atoms with Gasteiger partial charge in [-0.25, -0.2) is 9.76 Å². The molecule has 0 aliphatic heterocycles. The van der Waals surface area contributed by atoms with Gasteiger partial charge in [-0.2, -0.15) is 0 Å². The summed E-state index contributed by atoms with van der Waals surface area (Å²) in [5.74, 6) is 0.729. The Kier molecular flexibility index (Phi) is 3.22. The standard InChI is InChI=1S/C10H11BrN4S/c1-15(2)10(16-12)9-13-7-5-3-4-6(11)8(7)14-9/h3-5,12H,1-2H3,(H,13,14). The molecular formula is C10H11BrN4S. The van der Waals surface area contributed by atoms with Gasteiger partial charge in [0.2, 0.25) is 0 Å². The van der Waals surface area contributed by atoms with Gasteiger partial charge in [-0.15, -0.1) is 0 Å². The highest BCUT2D eigenvalue weighted by molar-refractivity contribution is 9.10. The molecule has 0 fully saturated rings. The fourth-order valence-corrected chi connectivity index (χ4v) is 2.28. The second kappa shape index (κ2) is 4.48. The Balaban J connectivity index is 2.64. The maximum absolute atomic E-state index is 7.42. The molecule has 0 aliphatic carbocycles. The summed E-state index contributed by atoms with van der Waals surface area (Å²) in [4.78, 5) is 10.4. The lowest BCUT2D eigenvalue weighted by Crippen LogP contribution is -2.23. The molecule has 0 amide bonds. The van der Waals surface area contributed by atoms with E-state index in [1.807, 2.05) is 37.2 Å². The maximum Gasteiger partial charge on any atom is 0.161 e. The minimum atomic E-state index is 0.729. The van der Waals surface area contributed by atoms with E-state index in [4.69, 9.17) is 4.78 Å². The lowest BCUT2D eigenvalue weighted by atomic mass is 10.3. The number of aromatic nitrogens is 2. The molecule has 84 valence electrons. The van der Waals surface area contributed by atoms with Crippen LogP contribution in [-0.2, 0) is 11.1 Å². The Labute approximate surface area is 105 Å². The highest BCUT2D eigenvalue weighted by Crippen LogP contribution is 2.21. The molecule has 2 aromatic rings. The number of aromatic amines is 1. The second-order valence-electron chi connectivity index (χ2n) is 3.52. The number of benzene rings is 1. The number of fused-ring (bicyclic) bond motifs is 1. The molecule has 1 heterocycles. The molecule has 0 spiro atoms. The number of nitrogens with one attached hydrogen (secondary N) is 2. The molecule has 0 atom stereocenters. The lowest BCUT2D eigenvalue weighted by Gasteiger charge is -2.07. The van der Waals surface area contributed by atoms with Crippen LogP contribution in [0, 0.1) is 4.78 Å². The van der Waals surface area contributed by atoms with Crippen LogP contribution in [0.4, 0.5) is 0 Å². The van der Waals surface area contributed by atoms with Gasteiger partial charge >= 0.3 is 0 Å². The summed E-state index contributed by atoms with van der Waals surface area (Å²) in [6.45, 7) is 0. The number of para-hydroxylation sites is 1. The van der Waals surface area contributed by atoms with Gasteiger partial charge < -0.3 is 4.98 Å². The Morgan fingerprint density at radius 3 is 2.81 bits per heavy atom. The van der Waals surface area contributed by atoms with Crippen LogP contribution < -0.4 is 0 Å². The zero-order chi connectivity index (χ0) is 11.7. The average molecular weight is 299 g/mol. The number of H-pyrrole nitrogens is 1. The van der Waals surface area contributed by atoms with Crippen molar-refractivity contribution in [1.82, 2.24) is 14.9 Å². The van der Waals surface area contributed by atoms with E-state index in [2.05, 4.69) is 25.9 Å². The number of nitrogens with zero attached hydrogens (tertiary/aromatic N) is 2. The molecule has 0 unspecified atom stereocenters. The van der Waals surface area contributed by atoms with E-state index in [0.717, 1.165) is 37.5 Å². The molecule has 1 aromatic heterocycles. The van der Waals surface area contributed by atoms with E-state index >= 15 is 0 Å². The Hall–Kier alpha value is -0.980. The average Bonchev–Trinajstić information content (AvgIpc) is 2.63. The van der Waals surface area contributed by atoms with E-state index in [-0.39, 0.29) is 0 Å². The topological polar surface area (TPSA) is 55.8 Å². The summed E-state index contributed by atoms with van der Waals surface area (Å²) in [7, 11) is 3.80. The van der Waals surface area contributed by atoms with Gasteiger partial charge in [0.15, 0.2) is 5.82 Å². The number of imidazole rings is 1. The van der Waals surface area contributed by atoms with Crippen LogP contribution in [0.1, 0.15) is 5.82 Å². The van der Waals surface area contributed by atoms with Crippen LogP contribution in [0.15, 0.2) is 22.7 Å². The summed E-state index contributed by atoms with van der Waals surface area (Å²) >= 11 is 4.39. The fourth-order valence-electron chi connectivity index (χ4n) is 1.45. The molecule has 1 aromatic carbocycles. The van der Waals surface area contributed by atoms with E-state index in [0.29, 0.717) is 0 Å². The Bertz CT molecular complexity index is 584. The highest BCUT2D eigenvalue weighted by Gasteiger charge is 2.11. The van der Waals surface area contributed by atoms with Crippen LogP contribution in [0.25, 0.3) is 11.0 Å². The van der Waals surface area contributed by atoms with Gasteiger partial charge in [-0.1, -0.05) is 6.07 Å². The van der Waals surface area contributed by atoms with Gasteiger partial charge in [0.05, 0.1) is 5.52 Å². The van der Waals surface area contributed by atoms with Crippen molar-refractivity contribution in [3.63, 3.8) is 0 Å². The minimum Gasteiger partial charge on any atom is -0.336 e. The Morgan fingerprint density at radius 1 is 1.50 bits per heavy atom. The largest absolute Gasteiger partial charge is 0.336 e. The van der Waals surface area contributed by atoms with Gasteiger partial charge in [-0.3, -0.25) is 4.90 Å².